The Morgan fingerprint density at radius 2 is 2.04 bits per heavy atom. The van der Waals surface area contributed by atoms with Crippen molar-refractivity contribution in [3.63, 3.8) is 0 Å². The van der Waals surface area contributed by atoms with Gasteiger partial charge in [0.25, 0.3) is 0 Å². The zero-order chi connectivity index (χ0) is 16.6. The topological polar surface area (TPSA) is 124 Å². The Balaban J connectivity index is 1.83. The van der Waals surface area contributed by atoms with Gasteiger partial charge in [0.15, 0.2) is 0 Å². The van der Waals surface area contributed by atoms with Gasteiger partial charge in [-0.3, -0.25) is 4.84 Å². The largest absolute Gasteiger partial charge is 0.423 e. The van der Waals surface area contributed by atoms with E-state index < -0.39 is 36.7 Å². The molecular formula is C14H15IN2O6. The standard InChI is InChI=1S/C14H15IN2O6/c15-8-4-11(19)22-9-3-6(1-2-7(8)9)16-14-13(21)12(20)10(5-18)23-17-14/h1-4,10,12-14,16-18,20-21H,5H2/t10?,12-,13?,14?/m1/s1. The lowest BCUT2D eigenvalue weighted by atomic mass is 10.0. The van der Waals surface area contributed by atoms with Crippen LogP contribution in [0.1, 0.15) is 0 Å². The van der Waals surface area contributed by atoms with Crippen molar-refractivity contribution >= 4 is 39.2 Å². The molecule has 124 valence electrons. The van der Waals surface area contributed by atoms with Crippen molar-refractivity contribution in [2.45, 2.75) is 24.5 Å². The Bertz CT molecular complexity index is 767. The van der Waals surface area contributed by atoms with E-state index in [0.717, 1.165) is 8.96 Å². The molecule has 3 rings (SSSR count). The SMILES string of the molecule is O=c1cc(I)c2ccc(NC3NOC(CO)[C@@H](O)C3O)cc2o1. The van der Waals surface area contributed by atoms with Crippen LogP contribution in [0.4, 0.5) is 5.69 Å². The zero-order valence-corrected chi connectivity index (χ0v) is 13.9. The Labute approximate surface area is 144 Å². The van der Waals surface area contributed by atoms with Crippen LogP contribution in [0.25, 0.3) is 11.0 Å². The first-order valence-electron chi connectivity index (χ1n) is 6.87. The third-order valence-corrected chi connectivity index (χ3v) is 4.51. The summed E-state index contributed by atoms with van der Waals surface area (Å²) in [6.45, 7) is -0.419. The minimum absolute atomic E-state index is 0.409. The molecule has 2 heterocycles. The van der Waals surface area contributed by atoms with Gasteiger partial charge in [-0.1, -0.05) is 0 Å². The lowest BCUT2D eigenvalue weighted by Crippen LogP contribution is -2.62. The molecule has 1 aliphatic heterocycles. The molecule has 8 nitrogen and oxygen atoms in total. The van der Waals surface area contributed by atoms with Crippen molar-refractivity contribution in [2.75, 3.05) is 11.9 Å². The summed E-state index contributed by atoms with van der Waals surface area (Å²) in [6, 6.07) is 6.56. The molecule has 0 radical (unpaired) electrons. The maximum atomic E-state index is 11.4. The summed E-state index contributed by atoms with van der Waals surface area (Å²) in [4.78, 5) is 16.5. The molecule has 23 heavy (non-hydrogen) atoms. The molecule has 0 spiro atoms. The molecule has 9 heteroatoms. The minimum Gasteiger partial charge on any atom is -0.423 e. The molecule has 0 amide bonds. The van der Waals surface area contributed by atoms with Crippen LogP contribution in [0, 0.1) is 3.57 Å². The van der Waals surface area contributed by atoms with E-state index in [4.69, 9.17) is 14.4 Å². The van der Waals surface area contributed by atoms with Gasteiger partial charge in [-0.05, 0) is 34.7 Å². The van der Waals surface area contributed by atoms with Crippen molar-refractivity contribution in [3.8, 4) is 0 Å². The predicted molar refractivity (Wildman–Crippen MR) is 89.7 cm³/mol. The Morgan fingerprint density at radius 3 is 2.78 bits per heavy atom. The van der Waals surface area contributed by atoms with Crippen molar-refractivity contribution in [1.29, 1.82) is 0 Å². The lowest BCUT2D eigenvalue weighted by molar-refractivity contribution is -0.197. The van der Waals surface area contributed by atoms with E-state index in [-0.39, 0.29) is 0 Å². The van der Waals surface area contributed by atoms with Crippen LogP contribution in [-0.2, 0) is 4.84 Å². The molecule has 0 bridgehead atoms. The van der Waals surface area contributed by atoms with Gasteiger partial charge in [-0.15, -0.1) is 0 Å². The van der Waals surface area contributed by atoms with E-state index >= 15 is 0 Å². The highest BCUT2D eigenvalue weighted by molar-refractivity contribution is 14.1. The van der Waals surface area contributed by atoms with E-state index in [2.05, 4.69) is 33.4 Å². The number of nitrogens with one attached hydrogen (secondary N) is 2. The highest BCUT2D eigenvalue weighted by Gasteiger charge is 2.38. The number of benzene rings is 1. The van der Waals surface area contributed by atoms with Crippen LogP contribution in [0.2, 0.25) is 0 Å². The van der Waals surface area contributed by atoms with Crippen molar-refractivity contribution in [1.82, 2.24) is 5.48 Å². The van der Waals surface area contributed by atoms with Crippen LogP contribution in [0.15, 0.2) is 33.5 Å². The van der Waals surface area contributed by atoms with Gasteiger partial charge in [-0.25, -0.2) is 4.79 Å². The van der Waals surface area contributed by atoms with Gasteiger partial charge in [0.1, 0.15) is 30.1 Å². The van der Waals surface area contributed by atoms with E-state index in [0.29, 0.717) is 11.3 Å². The van der Waals surface area contributed by atoms with Crippen LogP contribution >= 0.6 is 22.6 Å². The van der Waals surface area contributed by atoms with Gasteiger partial charge in [0.2, 0.25) is 0 Å². The first kappa shape index (κ1) is 16.6. The third-order valence-electron chi connectivity index (χ3n) is 3.61. The van der Waals surface area contributed by atoms with Gasteiger partial charge < -0.3 is 25.1 Å². The molecular weight excluding hydrogens is 419 g/mol. The molecule has 1 aromatic carbocycles. The number of fused-ring (bicyclic) bond motifs is 1. The molecule has 5 N–H and O–H groups in total. The quantitative estimate of drug-likeness (QED) is 0.331. The molecule has 2 aromatic rings. The van der Waals surface area contributed by atoms with E-state index in [1.807, 2.05) is 0 Å². The van der Waals surface area contributed by atoms with E-state index in [9.17, 15) is 15.0 Å². The molecule has 0 aliphatic carbocycles. The third kappa shape index (κ3) is 3.34. The number of aliphatic hydroxyl groups excluding tert-OH is 3. The maximum Gasteiger partial charge on any atom is 0.337 e. The summed E-state index contributed by atoms with van der Waals surface area (Å²) < 4.78 is 5.94. The summed E-state index contributed by atoms with van der Waals surface area (Å²) in [5.41, 5.74) is 3.08. The van der Waals surface area contributed by atoms with Crippen LogP contribution in [0.5, 0.6) is 0 Å². The van der Waals surface area contributed by atoms with Crippen LogP contribution < -0.4 is 16.4 Å². The normalized spacial score (nSPS) is 28.0. The number of hydrogen-bond acceptors (Lipinski definition) is 8. The summed E-state index contributed by atoms with van der Waals surface area (Å²) >= 11 is 2.05. The van der Waals surface area contributed by atoms with E-state index in [1.165, 1.54) is 6.07 Å². The predicted octanol–water partition coefficient (Wildman–Crippen LogP) is -0.247. The number of halogens is 1. The Morgan fingerprint density at radius 1 is 1.26 bits per heavy atom. The molecule has 1 saturated heterocycles. The van der Waals surface area contributed by atoms with Gasteiger partial charge in [0.05, 0.1) is 6.61 Å². The monoisotopic (exact) mass is 434 g/mol. The first-order chi connectivity index (χ1) is 11.0. The maximum absolute atomic E-state index is 11.4. The van der Waals surface area contributed by atoms with E-state index in [1.54, 1.807) is 18.2 Å². The molecule has 1 aromatic heterocycles. The second-order valence-electron chi connectivity index (χ2n) is 5.18. The fourth-order valence-electron chi connectivity index (χ4n) is 2.37. The highest BCUT2D eigenvalue weighted by atomic mass is 127. The summed E-state index contributed by atoms with van der Waals surface area (Å²) in [5, 5.41) is 32.7. The second-order valence-corrected chi connectivity index (χ2v) is 6.35. The van der Waals surface area contributed by atoms with Gasteiger partial charge in [-0.2, -0.15) is 5.48 Å². The highest BCUT2D eigenvalue weighted by Crippen LogP contribution is 2.23. The minimum atomic E-state index is -1.24. The van der Waals surface area contributed by atoms with Crippen molar-refractivity contribution in [3.05, 3.63) is 38.3 Å². The number of aliphatic hydroxyl groups is 3. The average molecular weight is 434 g/mol. The molecule has 1 aliphatic rings. The Kier molecular flexibility index (Phi) is 4.85. The molecule has 1 fully saturated rings. The number of hydrogen-bond donors (Lipinski definition) is 5. The summed E-state index contributed by atoms with van der Waals surface area (Å²) in [6.07, 6.45) is -4.13. The van der Waals surface area contributed by atoms with Gasteiger partial charge in [0, 0.05) is 26.8 Å². The lowest BCUT2D eigenvalue weighted by Gasteiger charge is -2.37. The fraction of sp³-hybridized carbons (Fsp3) is 0.357. The van der Waals surface area contributed by atoms with Crippen molar-refractivity contribution < 1.29 is 24.6 Å². The number of anilines is 1. The van der Waals surface area contributed by atoms with Crippen molar-refractivity contribution in [2.24, 2.45) is 0 Å². The number of hydroxylamine groups is 1. The fourth-order valence-corrected chi connectivity index (χ4v) is 3.07. The summed E-state index contributed by atoms with van der Waals surface area (Å²) in [7, 11) is 0. The summed E-state index contributed by atoms with van der Waals surface area (Å²) in [5.74, 6) is 0. The first-order valence-corrected chi connectivity index (χ1v) is 7.95. The molecule has 4 atom stereocenters. The zero-order valence-electron chi connectivity index (χ0n) is 11.8. The van der Waals surface area contributed by atoms with Crippen LogP contribution in [0.3, 0.4) is 0 Å². The second kappa shape index (κ2) is 6.71. The average Bonchev–Trinajstić information content (AvgIpc) is 2.51. The molecule has 0 saturated carbocycles. The van der Waals surface area contributed by atoms with Crippen LogP contribution in [-0.4, -0.2) is 46.4 Å². The number of rotatable bonds is 3. The van der Waals surface area contributed by atoms with Gasteiger partial charge >= 0.3 is 5.63 Å². The Hall–Kier alpha value is -1.24. The molecule has 3 unspecified atom stereocenters. The smallest absolute Gasteiger partial charge is 0.337 e.